The summed E-state index contributed by atoms with van der Waals surface area (Å²) < 4.78 is 0. The van der Waals surface area contributed by atoms with Crippen molar-refractivity contribution in [2.24, 2.45) is 5.41 Å². The predicted molar refractivity (Wildman–Crippen MR) is 69.4 cm³/mol. The molecule has 16 heavy (non-hydrogen) atoms. The Morgan fingerprint density at radius 1 is 0.875 bits per heavy atom. The number of rotatable bonds is 0. The van der Waals surface area contributed by atoms with Gasteiger partial charge in [0.1, 0.15) is 0 Å². The van der Waals surface area contributed by atoms with Crippen LogP contribution >= 0.6 is 0 Å². The van der Waals surface area contributed by atoms with Crippen molar-refractivity contribution in [3.8, 4) is 0 Å². The average molecular weight is 224 g/mol. The van der Waals surface area contributed by atoms with Crippen LogP contribution in [0, 0.1) is 5.41 Å². The molecule has 0 aromatic rings. The van der Waals surface area contributed by atoms with Gasteiger partial charge in [0.05, 0.1) is 6.17 Å². The monoisotopic (exact) mass is 224 g/mol. The molecule has 2 heteroatoms. The molecular weight excluding hydrogens is 196 g/mol. The smallest absolute Gasteiger partial charge is 0.0679 e. The zero-order valence-corrected chi connectivity index (χ0v) is 11.9. The van der Waals surface area contributed by atoms with Crippen molar-refractivity contribution in [1.82, 2.24) is 9.80 Å². The summed E-state index contributed by atoms with van der Waals surface area (Å²) in [4.78, 5) is 5.48. The van der Waals surface area contributed by atoms with E-state index in [0.717, 1.165) is 6.04 Å². The third-order valence-electron chi connectivity index (χ3n) is 4.05. The molecule has 0 N–H and O–H groups in total. The molecule has 2 bridgehead atoms. The van der Waals surface area contributed by atoms with Crippen molar-refractivity contribution in [3.05, 3.63) is 0 Å². The highest BCUT2D eigenvalue weighted by Crippen LogP contribution is 2.41. The Hall–Kier alpha value is -0.0800. The summed E-state index contributed by atoms with van der Waals surface area (Å²) in [5.41, 5.74) is 0.647. The van der Waals surface area contributed by atoms with Gasteiger partial charge in [-0.3, -0.25) is 9.80 Å². The van der Waals surface area contributed by atoms with E-state index in [1.54, 1.807) is 0 Å². The standard InChI is InChI=1S/C14H28N2/c1-13(2,3)12-15-9-7-11(8-10-15)16(12)14(4,5)6/h11-12H,7-10H2,1-6H3. The second kappa shape index (κ2) is 3.71. The summed E-state index contributed by atoms with van der Waals surface area (Å²) in [6.07, 6.45) is 3.35. The minimum absolute atomic E-state index is 0.293. The van der Waals surface area contributed by atoms with Gasteiger partial charge < -0.3 is 0 Å². The van der Waals surface area contributed by atoms with Crippen LogP contribution in [0.4, 0.5) is 0 Å². The largest absolute Gasteiger partial charge is 0.287 e. The van der Waals surface area contributed by atoms with Gasteiger partial charge in [-0.05, 0) is 39.0 Å². The molecular formula is C14H28N2. The molecule has 3 rings (SSSR count). The van der Waals surface area contributed by atoms with Gasteiger partial charge in [-0.1, -0.05) is 20.8 Å². The highest BCUT2D eigenvalue weighted by Gasteiger charge is 2.48. The van der Waals surface area contributed by atoms with E-state index in [1.807, 2.05) is 0 Å². The fourth-order valence-electron chi connectivity index (χ4n) is 3.66. The quantitative estimate of drug-likeness (QED) is 0.624. The number of nitrogens with zero attached hydrogens (tertiary/aromatic N) is 2. The minimum Gasteiger partial charge on any atom is -0.287 e. The van der Waals surface area contributed by atoms with Gasteiger partial charge in [0.2, 0.25) is 0 Å². The van der Waals surface area contributed by atoms with Crippen LogP contribution in [0.1, 0.15) is 54.4 Å². The Balaban J connectivity index is 2.32. The molecule has 0 saturated carbocycles. The summed E-state index contributed by atoms with van der Waals surface area (Å²) in [6, 6.07) is 0.814. The zero-order valence-electron chi connectivity index (χ0n) is 11.9. The lowest BCUT2D eigenvalue weighted by molar-refractivity contribution is -0.162. The second-order valence-electron chi connectivity index (χ2n) is 7.58. The van der Waals surface area contributed by atoms with Crippen molar-refractivity contribution < 1.29 is 0 Å². The lowest BCUT2D eigenvalue weighted by atomic mass is 9.80. The van der Waals surface area contributed by atoms with E-state index in [2.05, 4.69) is 51.3 Å². The van der Waals surface area contributed by atoms with E-state index >= 15 is 0 Å². The maximum atomic E-state index is 2.78. The molecule has 1 atom stereocenters. The van der Waals surface area contributed by atoms with Crippen LogP contribution in [0.15, 0.2) is 0 Å². The van der Waals surface area contributed by atoms with E-state index in [9.17, 15) is 0 Å². The Labute approximate surface area is 101 Å². The van der Waals surface area contributed by atoms with Crippen LogP contribution in [0.25, 0.3) is 0 Å². The fraction of sp³-hybridized carbons (Fsp3) is 1.00. The Bertz CT molecular complexity index is 223. The number of fused-ring (bicyclic) bond motifs is 3. The number of piperidine rings is 1. The molecule has 3 heterocycles. The van der Waals surface area contributed by atoms with Crippen LogP contribution < -0.4 is 0 Å². The first-order valence-corrected chi connectivity index (χ1v) is 6.74. The normalized spacial score (nSPS) is 36.8. The van der Waals surface area contributed by atoms with E-state index in [-0.39, 0.29) is 0 Å². The van der Waals surface area contributed by atoms with Crippen molar-refractivity contribution in [3.63, 3.8) is 0 Å². The first-order valence-electron chi connectivity index (χ1n) is 6.74. The molecule has 3 aliphatic heterocycles. The SMILES string of the molecule is CC(C)(C)C1N2CCC(CC2)N1C(C)(C)C. The summed E-state index contributed by atoms with van der Waals surface area (Å²) >= 11 is 0. The van der Waals surface area contributed by atoms with Crippen molar-refractivity contribution in [1.29, 1.82) is 0 Å². The Morgan fingerprint density at radius 2 is 1.38 bits per heavy atom. The molecule has 1 unspecified atom stereocenters. The van der Waals surface area contributed by atoms with E-state index in [4.69, 9.17) is 0 Å². The Morgan fingerprint density at radius 3 is 1.69 bits per heavy atom. The molecule has 0 amide bonds. The first-order chi connectivity index (χ1) is 7.21. The average Bonchev–Trinajstić information content (AvgIpc) is 2.15. The zero-order chi connectivity index (χ0) is 12.1. The van der Waals surface area contributed by atoms with Crippen LogP contribution in [0.3, 0.4) is 0 Å². The maximum absolute atomic E-state index is 2.78. The van der Waals surface area contributed by atoms with Gasteiger partial charge in [0.15, 0.2) is 0 Å². The van der Waals surface area contributed by atoms with Crippen LogP contribution in [-0.2, 0) is 0 Å². The summed E-state index contributed by atoms with van der Waals surface area (Å²) in [7, 11) is 0. The maximum Gasteiger partial charge on any atom is 0.0679 e. The third-order valence-corrected chi connectivity index (χ3v) is 4.05. The summed E-state index contributed by atoms with van der Waals surface area (Å²) in [5.74, 6) is 0. The molecule has 0 aromatic heterocycles. The summed E-state index contributed by atoms with van der Waals surface area (Å²) in [6.45, 7) is 16.9. The molecule has 3 aliphatic rings. The van der Waals surface area contributed by atoms with E-state index in [1.165, 1.54) is 25.9 Å². The van der Waals surface area contributed by atoms with Crippen molar-refractivity contribution >= 4 is 0 Å². The molecule has 0 radical (unpaired) electrons. The minimum atomic E-state index is 0.293. The highest BCUT2D eigenvalue weighted by molar-refractivity contribution is 5.00. The van der Waals surface area contributed by atoms with Crippen LogP contribution in [0.2, 0.25) is 0 Å². The van der Waals surface area contributed by atoms with E-state index < -0.39 is 0 Å². The third kappa shape index (κ3) is 2.02. The molecule has 0 spiro atoms. The van der Waals surface area contributed by atoms with Gasteiger partial charge in [-0.15, -0.1) is 0 Å². The highest BCUT2D eigenvalue weighted by atomic mass is 15.4. The van der Waals surface area contributed by atoms with Gasteiger partial charge in [-0.2, -0.15) is 0 Å². The van der Waals surface area contributed by atoms with Crippen LogP contribution in [0.5, 0.6) is 0 Å². The molecule has 0 aromatic carbocycles. The Kier molecular flexibility index (Phi) is 2.87. The van der Waals surface area contributed by atoms with Crippen molar-refractivity contribution in [2.45, 2.75) is 72.1 Å². The number of hydrogen-bond acceptors (Lipinski definition) is 2. The van der Waals surface area contributed by atoms with Gasteiger partial charge in [-0.25, -0.2) is 0 Å². The van der Waals surface area contributed by atoms with Gasteiger partial charge in [0, 0.05) is 24.7 Å². The number of hydrogen-bond donors (Lipinski definition) is 0. The van der Waals surface area contributed by atoms with Gasteiger partial charge in [0.25, 0.3) is 0 Å². The van der Waals surface area contributed by atoms with Crippen molar-refractivity contribution in [2.75, 3.05) is 13.1 Å². The van der Waals surface area contributed by atoms with Crippen LogP contribution in [-0.4, -0.2) is 40.6 Å². The fourth-order valence-corrected chi connectivity index (χ4v) is 3.66. The van der Waals surface area contributed by atoms with Gasteiger partial charge >= 0.3 is 0 Å². The summed E-state index contributed by atoms with van der Waals surface area (Å²) in [5, 5.41) is 0. The predicted octanol–water partition coefficient (Wildman–Crippen LogP) is 2.94. The molecule has 3 saturated heterocycles. The lowest BCUT2D eigenvalue weighted by Gasteiger charge is -2.62. The topological polar surface area (TPSA) is 6.48 Å². The lowest BCUT2D eigenvalue weighted by Crippen LogP contribution is -2.71. The molecule has 0 aliphatic carbocycles. The molecule has 3 fully saturated rings. The first kappa shape index (κ1) is 12.4. The second-order valence-corrected chi connectivity index (χ2v) is 7.58. The molecule has 2 nitrogen and oxygen atoms in total. The molecule has 94 valence electrons. The van der Waals surface area contributed by atoms with E-state index in [0.29, 0.717) is 17.1 Å².